The van der Waals surface area contributed by atoms with Crippen molar-refractivity contribution in [1.82, 2.24) is 4.72 Å². The Hall–Kier alpha value is -1.11. The van der Waals surface area contributed by atoms with Crippen molar-refractivity contribution >= 4 is 10.0 Å². The first kappa shape index (κ1) is 14.9. The third kappa shape index (κ3) is 6.00. The molecule has 0 atom stereocenters. The smallest absolute Gasteiger partial charge is 0.211 e. The zero-order valence-corrected chi connectivity index (χ0v) is 11.2. The lowest BCUT2D eigenvalue weighted by atomic mass is 10.1. The maximum Gasteiger partial charge on any atom is 0.211 e. The van der Waals surface area contributed by atoms with Gasteiger partial charge in [-0.25, -0.2) is 13.1 Å². The summed E-state index contributed by atoms with van der Waals surface area (Å²) in [6, 6.07) is 6.72. The molecular formula is C12H19NO4S. The first-order valence-electron chi connectivity index (χ1n) is 5.78. The maximum absolute atomic E-state index is 11.5. The summed E-state index contributed by atoms with van der Waals surface area (Å²) in [5.41, 5.74) is 0.979. The highest BCUT2D eigenvalue weighted by Crippen LogP contribution is 2.09. The van der Waals surface area contributed by atoms with Crippen LogP contribution < -0.4 is 4.72 Å². The SMILES string of the molecule is COCCCS(=O)(=O)NCCc1ccc(O)cc1. The van der Waals surface area contributed by atoms with Gasteiger partial charge in [-0.3, -0.25) is 0 Å². The van der Waals surface area contributed by atoms with Crippen LogP contribution in [-0.2, 0) is 21.2 Å². The highest BCUT2D eigenvalue weighted by molar-refractivity contribution is 7.89. The molecule has 0 aliphatic carbocycles. The van der Waals surface area contributed by atoms with E-state index in [1.165, 1.54) is 0 Å². The fourth-order valence-corrected chi connectivity index (χ4v) is 2.53. The molecule has 0 spiro atoms. The summed E-state index contributed by atoms with van der Waals surface area (Å²) in [7, 11) is -1.67. The van der Waals surface area contributed by atoms with Crippen LogP contribution in [0.4, 0.5) is 0 Å². The summed E-state index contributed by atoms with van der Waals surface area (Å²) in [4.78, 5) is 0. The molecule has 0 heterocycles. The fraction of sp³-hybridized carbons (Fsp3) is 0.500. The number of benzene rings is 1. The second kappa shape index (κ2) is 7.35. The predicted molar refractivity (Wildman–Crippen MR) is 70.1 cm³/mol. The van der Waals surface area contributed by atoms with Crippen LogP contribution in [0.25, 0.3) is 0 Å². The van der Waals surface area contributed by atoms with Crippen LogP contribution in [0.2, 0.25) is 0 Å². The summed E-state index contributed by atoms with van der Waals surface area (Å²) in [6.07, 6.45) is 1.09. The van der Waals surface area contributed by atoms with Gasteiger partial charge in [-0.2, -0.15) is 0 Å². The molecule has 2 N–H and O–H groups in total. The Labute approximate surface area is 108 Å². The van der Waals surface area contributed by atoms with Crippen molar-refractivity contribution < 1.29 is 18.3 Å². The molecule has 0 aromatic heterocycles. The molecule has 0 aliphatic heterocycles. The summed E-state index contributed by atoms with van der Waals surface area (Å²) in [5.74, 6) is 0.287. The maximum atomic E-state index is 11.5. The quantitative estimate of drug-likeness (QED) is 0.690. The van der Waals surface area contributed by atoms with Gasteiger partial charge in [0.25, 0.3) is 0 Å². The van der Waals surface area contributed by atoms with Crippen LogP contribution >= 0.6 is 0 Å². The number of phenolic OH excluding ortho intramolecular Hbond substituents is 1. The molecule has 5 nitrogen and oxygen atoms in total. The number of rotatable bonds is 8. The first-order chi connectivity index (χ1) is 8.53. The van der Waals surface area contributed by atoms with Crippen LogP contribution in [-0.4, -0.2) is 39.5 Å². The average Bonchev–Trinajstić information content (AvgIpc) is 2.32. The Bertz CT molecular complexity index is 442. The van der Waals surface area contributed by atoms with Crippen molar-refractivity contribution in [1.29, 1.82) is 0 Å². The van der Waals surface area contributed by atoms with Crippen LogP contribution in [0, 0.1) is 0 Å². The molecule has 102 valence electrons. The third-order valence-electron chi connectivity index (χ3n) is 2.43. The van der Waals surface area contributed by atoms with Gasteiger partial charge in [0.15, 0.2) is 0 Å². The topological polar surface area (TPSA) is 75.6 Å². The van der Waals surface area contributed by atoms with Gasteiger partial charge in [0.1, 0.15) is 5.75 Å². The van der Waals surface area contributed by atoms with Crippen molar-refractivity contribution in [3.05, 3.63) is 29.8 Å². The summed E-state index contributed by atoms with van der Waals surface area (Å²) in [6.45, 7) is 0.805. The number of nitrogens with one attached hydrogen (secondary N) is 1. The Kier molecular flexibility index (Phi) is 6.11. The second-order valence-electron chi connectivity index (χ2n) is 3.98. The standard InChI is InChI=1S/C12H19NO4S/c1-17-9-2-10-18(15,16)13-8-7-11-3-5-12(14)6-4-11/h3-6,13-14H,2,7-10H2,1H3. The van der Waals surface area contributed by atoms with Crippen LogP contribution in [0.1, 0.15) is 12.0 Å². The summed E-state index contributed by atoms with van der Waals surface area (Å²) < 4.78 is 30.4. The van der Waals surface area contributed by atoms with Gasteiger partial charge in [-0.05, 0) is 30.5 Å². The van der Waals surface area contributed by atoms with E-state index in [0.717, 1.165) is 5.56 Å². The van der Waals surface area contributed by atoms with E-state index in [-0.39, 0.29) is 11.5 Å². The van der Waals surface area contributed by atoms with Gasteiger partial charge >= 0.3 is 0 Å². The monoisotopic (exact) mass is 273 g/mol. The lowest BCUT2D eigenvalue weighted by Crippen LogP contribution is -2.28. The van der Waals surface area contributed by atoms with Crippen molar-refractivity contribution in [2.24, 2.45) is 0 Å². The molecule has 1 aromatic rings. The normalized spacial score (nSPS) is 11.6. The lowest BCUT2D eigenvalue weighted by molar-refractivity contribution is 0.199. The van der Waals surface area contributed by atoms with Gasteiger partial charge in [0, 0.05) is 20.3 Å². The molecule has 1 rings (SSSR count). The Balaban J connectivity index is 2.30. The molecule has 0 bridgehead atoms. The first-order valence-corrected chi connectivity index (χ1v) is 7.43. The van der Waals surface area contributed by atoms with Crippen molar-refractivity contribution in [2.45, 2.75) is 12.8 Å². The number of methoxy groups -OCH3 is 1. The average molecular weight is 273 g/mol. The van der Waals surface area contributed by atoms with Gasteiger partial charge in [-0.15, -0.1) is 0 Å². The van der Waals surface area contributed by atoms with Gasteiger partial charge in [-0.1, -0.05) is 12.1 Å². The Morgan fingerprint density at radius 1 is 1.28 bits per heavy atom. The van der Waals surface area contributed by atoms with E-state index in [1.54, 1.807) is 31.4 Å². The minimum atomic E-state index is -3.21. The number of sulfonamides is 1. The molecule has 0 unspecified atom stereocenters. The van der Waals surface area contributed by atoms with E-state index in [0.29, 0.717) is 26.0 Å². The molecule has 0 aliphatic rings. The zero-order chi connectivity index (χ0) is 13.4. The number of ether oxygens (including phenoxy) is 1. The fourth-order valence-electron chi connectivity index (χ4n) is 1.48. The molecule has 18 heavy (non-hydrogen) atoms. The molecule has 1 aromatic carbocycles. The largest absolute Gasteiger partial charge is 0.508 e. The summed E-state index contributed by atoms with van der Waals surface area (Å²) >= 11 is 0. The van der Waals surface area contributed by atoms with Crippen LogP contribution in [0.15, 0.2) is 24.3 Å². The highest BCUT2D eigenvalue weighted by atomic mass is 32.2. The number of hydrogen-bond acceptors (Lipinski definition) is 4. The Morgan fingerprint density at radius 2 is 1.94 bits per heavy atom. The van der Waals surface area contributed by atoms with E-state index >= 15 is 0 Å². The van der Waals surface area contributed by atoms with Crippen molar-refractivity contribution in [2.75, 3.05) is 26.0 Å². The second-order valence-corrected chi connectivity index (χ2v) is 5.90. The highest BCUT2D eigenvalue weighted by Gasteiger charge is 2.08. The van der Waals surface area contributed by atoms with E-state index in [4.69, 9.17) is 9.84 Å². The van der Waals surface area contributed by atoms with E-state index in [9.17, 15) is 8.42 Å². The lowest BCUT2D eigenvalue weighted by Gasteiger charge is -2.06. The van der Waals surface area contributed by atoms with Crippen molar-refractivity contribution in [3.63, 3.8) is 0 Å². The van der Waals surface area contributed by atoms with Crippen molar-refractivity contribution in [3.8, 4) is 5.75 Å². The molecular weight excluding hydrogens is 254 g/mol. The molecule has 0 saturated heterocycles. The number of aromatic hydroxyl groups is 1. The number of phenols is 1. The molecule has 6 heteroatoms. The van der Waals surface area contributed by atoms with Crippen LogP contribution in [0.3, 0.4) is 0 Å². The van der Waals surface area contributed by atoms with E-state index in [2.05, 4.69) is 4.72 Å². The molecule has 0 amide bonds. The van der Waals surface area contributed by atoms with E-state index < -0.39 is 10.0 Å². The van der Waals surface area contributed by atoms with E-state index in [1.807, 2.05) is 0 Å². The molecule has 0 radical (unpaired) electrons. The molecule has 0 fully saturated rings. The minimum Gasteiger partial charge on any atom is -0.508 e. The third-order valence-corrected chi connectivity index (χ3v) is 3.90. The van der Waals surface area contributed by atoms with Gasteiger partial charge in [0.2, 0.25) is 10.0 Å². The van der Waals surface area contributed by atoms with Gasteiger partial charge < -0.3 is 9.84 Å². The summed E-state index contributed by atoms with van der Waals surface area (Å²) in [5, 5.41) is 9.11. The Morgan fingerprint density at radius 3 is 2.56 bits per heavy atom. The predicted octanol–water partition coefficient (Wildman–Crippen LogP) is 0.891. The minimum absolute atomic E-state index is 0.0798. The molecule has 0 saturated carbocycles. The van der Waals surface area contributed by atoms with Gasteiger partial charge in [0.05, 0.1) is 5.75 Å². The zero-order valence-electron chi connectivity index (χ0n) is 10.4. The number of hydrogen-bond donors (Lipinski definition) is 2. The van der Waals surface area contributed by atoms with Crippen LogP contribution in [0.5, 0.6) is 5.75 Å².